The third-order valence-corrected chi connectivity index (χ3v) is 5.20. The minimum Gasteiger partial charge on any atom is -0.493 e. The Kier molecular flexibility index (Phi) is 8.96. The van der Waals surface area contributed by atoms with Gasteiger partial charge in [-0.25, -0.2) is 10.2 Å². The molecule has 2 N–H and O–H groups in total. The fourth-order valence-corrected chi connectivity index (χ4v) is 3.32. The zero-order chi connectivity index (χ0) is 25.2. The predicted molar refractivity (Wildman–Crippen MR) is 134 cm³/mol. The van der Waals surface area contributed by atoms with Gasteiger partial charge in [0.05, 0.1) is 31.2 Å². The van der Waals surface area contributed by atoms with Crippen LogP contribution in [0.4, 0.5) is 5.69 Å². The molecule has 0 radical (unpaired) electrons. The number of hydrazone groups is 1. The van der Waals surface area contributed by atoms with Crippen LogP contribution in [-0.2, 0) is 9.59 Å². The minimum atomic E-state index is -0.960. The molecule has 2 amide bonds. The highest BCUT2D eigenvalue weighted by Crippen LogP contribution is 2.29. The van der Waals surface area contributed by atoms with Crippen LogP contribution < -0.4 is 25.0 Å². The lowest BCUT2D eigenvalue weighted by Gasteiger charge is -2.11. The maximum atomic E-state index is 12.5. The number of carbonyl (C=O) groups is 3. The second kappa shape index (κ2) is 12.3. The van der Waals surface area contributed by atoms with E-state index in [0.717, 1.165) is 0 Å². The van der Waals surface area contributed by atoms with Crippen molar-refractivity contribution in [2.75, 3.05) is 19.0 Å². The topological polar surface area (TPSA) is 115 Å². The highest BCUT2D eigenvalue weighted by atomic mass is 79.9. The van der Waals surface area contributed by atoms with Crippen LogP contribution >= 0.6 is 15.9 Å². The maximum Gasteiger partial charge on any atom is 0.344 e. The summed E-state index contributed by atoms with van der Waals surface area (Å²) in [7, 11) is 1.43. The standard InChI is InChI=1S/C25H22BrN3O6/c1-3-34-20-11-7-6-10-19(20)28-23(30)24(31)29-27-15-16-12-13-21(22(14-16)33-2)35-25(32)17-8-4-5-9-18(17)26/h4-15H,3H2,1-2H3,(H,28,30)(H,29,31)/b27-15+. The number of nitrogens with one attached hydrogen (secondary N) is 2. The summed E-state index contributed by atoms with van der Waals surface area (Å²) in [5, 5.41) is 6.29. The molecule has 35 heavy (non-hydrogen) atoms. The Hall–Kier alpha value is -4.18. The zero-order valence-corrected chi connectivity index (χ0v) is 20.5. The molecule has 9 nitrogen and oxygen atoms in total. The fourth-order valence-electron chi connectivity index (χ4n) is 2.88. The monoisotopic (exact) mass is 539 g/mol. The Balaban J connectivity index is 1.62. The molecule has 0 spiro atoms. The van der Waals surface area contributed by atoms with E-state index in [1.807, 2.05) is 6.92 Å². The normalized spacial score (nSPS) is 10.5. The molecule has 10 heteroatoms. The zero-order valence-electron chi connectivity index (χ0n) is 18.9. The first-order valence-corrected chi connectivity index (χ1v) is 11.2. The molecular formula is C25H22BrN3O6. The molecule has 0 fully saturated rings. The van der Waals surface area contributed by atoms with Crippen molar-refractivity contribution in [2.24, 2.45) is 5.10 Å². The van der Waals surface area contributed by atoms with Gasteiger partial charge < -0.3 is 19.5 Å². The number of nitrogens with zero attached hydrogens (tertiary/aromatic N) is 1. The third kappa shape index (κ3) is 6.90. The molecule has 0 aliphatic rings. The van der Waals surface area contributed by atoms with E-state index in [9.17, 15) is 14.4 Å². The maximum absolute atomic E-state index is 12.5. The van der Waals surface area contributed by atoms with Gasteiger partial charge in [-0.05, 0) is 70.9 Å². The van der Waals surface area contributed by atoms with Gasteiger partial charge in [0.2, 0.25) is 0 Å². The molecule has 0 bridgehead atoms. The lowest BCUT2D eigenvalue weighted by molar-refractivity contribution is -0.136. The number of methoxy groups -OCH3 is 1. The van der Waals surface area contributed by atoms with Crippen LogP contribution in [0.3, 0.4) is 0 Å². The first kappa shape index (κ1) is 25.4. The van der Waals surface area contributed by atoms with E-state index < -0.39 is 17.8 Å². The van der Waals surface area contributed by atoms with Gasteiger partial charge in [0.15, 0.2) is 11.5 Å². The van der Waals surface area contributed by atoms with Crippen LogP contribution in [0.25, 0.3) is 0 Å². The Labute approximate surface area is 210 Å². The average molecular weight is 540 g/mol. The summed E-state index contributed by atoms with van der Waals surface area (Å²) < 4.78 is 16.8. The predicted octanol–water partition coefficient (Wildman–Crippen LogP) is 4.16. The SMILES string of the molecule is CCOc1ccccc1NC(=O)C(=O)N/N=C/c1ccc(OC(=O)c2ccccc2Br)c(OC)c1. The Morgan fingerprint density at radius 3 is 2.43 bits per heavy atom. The van der Waals surface area contributed by atoms with Crippen LogP contribution in [0.5, 0.6) is 17.2 Å². The number of esters is 1. The summed E-state index contributed by atoms with van der Waals surface area (Å²) in [5.41, 5.74) is 3.43. The number of hydrogen-bond acceptors (Lipinski definition) is 7. The number of benzene rings is 3. The van der Waals surface area contributed by atoms with Gasteiger partial charge >= 0.3 is 17.8 Å². The van der Waals surface area contributed by atoms with E-state index in [2.05, 4.69) is 31.8 Å². The smallest absolute Gasteiger partial charge is 0.344 e. The molecule has 0 atom stereocenters. The first-order valence-electron chi connectivity index (χ1n) is 10.4. The molecule has 3 aromatic rings. The van der Waals surface area contributed by atoms with E-state index in [0.29, 0.717) is 33.6 Å². The average Bonchev–Trinajstić information content (AvgIpc) is 2.86. The van der Waals surface area contributed by atoms with Crippen molar-refractivity contribution in [3.63, 3.8) is 0 Å². The van der Waals surface area contributed by atoms with Gasteiger partial charge in [-0.1, -0.05) is 24.3 Å². The first-order chi connectivity index (χ1) is 16.9. The molecule has 0 aliphatic carbocycles. The van der Waals surface area contributed by atoms with Gasteiger partial charge in [-0.15, -0.1) is 0 Å². The minimum absolute atomic E-state index is 0.210. The highest BCUT2D eigenvalue weighted by Gasteiger charge is 2.16. The number of rotatable bonds is 8. The lowest BCUT2D eigenvalue weighted by Crippen LogP contribution is -2.32. The number of amides is 2. The summed E-state index contributed by atoms with van der Waals surface area (Å²) >= 11 is 3.32. The van der Waals surface area contributed by atoms with E-state index in [4.69, 9.17) is 14.2 Å². The largest absolute Gasteiger partial charge is 0.493 e. The molecule has 0 saturated heterocycles. The summed E-state index contributed by atoms with van der Waals surface area (Å²) in [4.78, 5) is 36.7. The van der Waals surface area contributed by atoms with Gasteiger partial charge in [-0.2, -0.15) is 5.10 Å². The quantitative estimate of drug-likeness (QED) is 0.146. The summed E-state index contributed by atoms with van der Waals surface area (Å²) in [6.45, 7) is 2.22. The Morgan fingerprint density at radius 2 is 1.69 bits per heavy atom. The lowest BCUT2D eigenvalue weighted by atomic mass is 10.2. The van der Waals surface area contributed by atoms with Crippen LogP contribution in [-0.4, -0.2) is 37.7 Å². The molecule has 0 saturated carbocycles. The van der Waals surface area contributed by atoms with Gasteiger partial charge in [0.25, 0.3) is 0 Å². The Morgan fingerprint density at radius 1 is 0.943 bits per heavy atom. The molecule has 3 aromatic carbocycles. The highest BCUT2D eigenvalue weighted by molar-refractivity contribution is 9.10. The van der Waals surface area contributed by atoms with E-state index in [-0.39, 0.29) is 11.5 Å². The summed E-state index contributed by atoms with van der Waals surface area (Å²) in [6.07, 6.45) is 1.32. The van der Waals surface area contributed by atoms with Crippen molar-refractivity contribution >= 4 is 45.6 Å². The number of ether oxygens (including phenoxy) is 3. The van der Waals surface area contributed by atoms with Crippen LogP contribution in [0.2, 0.25) is 0 Å². The fraction of sp³-hybridized carbons (Fsp3) is 0.120. The van der Waals surface area contributed by atoms with Crippen LogP contribution in [0, 0.1) is 0 Å². The molecule has 0 aliphatic heterocycles. The summed E-state index contributed by atoms with van der Waals surface area (Å²) in [6, 6.07) is 18.4. The van der Waals surface area contributed by atoms with Crippen LogP contribution in [0.1, 0.15) is 22.8 Å². The number of halogens is 1. The van der Waals surface area contributed by atoms with Crippen molar-refractivity contribution < 1.29 is 28.6 Å². The number of carbonyl (C=O) groups excluding carboxylic acids is 3. The van der Waals surface area contributed by atoms with Gasteiger partial charge in [-0.3, -0.25) is 9.59 Å². The van der Waals surface area contributed by atoms with Gasteiger partial charge in [0.1, 0.15) is 5.75 Å². The number of anilines is 1. The molecule has 0 aromatic heterocycles. The second-order valence-electron chi connectivity index (χ2n) is 6.86. The van der Waals surface area contributed by atoms with E-state index >= 15 is 0 Å². The van der Waals surface area contributed by atoms with Crippen molar-refractivity contribution in [2.45, 2.75) is 6.92 Å². The molecular weight excluding hydrogens is 518 g/mol. The van der Waals surface area contributed by atoms with Crippen LogP contribution in [0.15, 0.2) is 76.3 Å². The molecule has 0 heterocycles. The molecule has 0 unspecified atom stereocenters. The second-order valence-corrected chi connectivity index (χ2v) is 7.72. The van der Waals surface area contributed by atoms with E-state index in [1.165, 1.54) is 19.4 Å². The number of para-hydroxylation sites is 2. The van der Waals surface area contributed by atoms with Crippen molar-refractivity contribution in [1.82, 2.24) is 5.43 Å². The third-order valence-electron chi connectivity index (χ3n) is 4.51. The molecule has 180 valence electrons. The molecule has 3 rings (SSSR count). The van der Waals surface area contributed by atoms with Crippen molar-refractivity contribution in [1.29, 1.82) is 0 Å². The van der Waals surface area contributed by atoms with Crippen molar-refractivity contribution in [3.05, 3.63) is 82.3 Å². The Bertz CT molecular complexity index is 1260. The van der Waals surface area contributed by atoms with E-state index in [1.54, 1.807) is 60.7 Å². The van der Waals surface area contributed by atoms with Crippen molar-refractivity contribution in [3.8, 4) is 17.2 Å². The number of hydrogen-bond donors (Lipinski definition) is 2. The van der Waals surface area contributed by atoms with Gasteiger partial charge in [0, 0.05) is 4.47 Å². The summed E-state index contributed by atoms with van der Waals surface area (Å²) in [5.74, 6) is -1.47.